The summed E-state index contributed by atoms with van der Waals surface area (Å²) in [7, 11) is -3.54. The van der Waals surface area contributed by atoms with Crippen LogP contribution >= 0.6 is 0 Å². The number of nitrogens with two attached hydrogens (primary N) is 1. The van der Waals surface area contributed by atoms with E-state index in [4.69, 9.17) is 5.73 Å². The van der Waals surface area contributed by atoms with Gasteiger partial charge < -0.3 is 5.73 Å². The van der Waals surface area contributed by atoms with Crippen LogP contribution in [0.1, 0.15) is 18.4 Å². The zero-order chi connectivity index (χ0) is 13.2. The van der Waals surface area contributed by atoms with Crippen molar-refractivity contribution >= 4 is 10.0 Å². The lowest BCUT2D eigenvalue weighted by molar-refractivity contribution is 0.517. The largest absolute Gasteiger partial charge is 0.329 e. The zero-order valence-corrected chi connectivity index (χ0v) is 10.8. The quantitative estimate of drug-likeness (QED) is 0.811. The van der Waals surface area contributed by atoms with Crippen LogP contribution in [0, 0.1) is 11.7 Å². The SMILES string of the molecule is NC[C@@H](NS(=O)(=O)Cc1ccccc1F)C1CC1. The fraction of sp³-hybridized carbons (Fsp3) is 0.500. The molecular formula is C12H17FN2O2S. The van der Waals surface area contributed by atoms with Crippen molar-refractivity contribution in [2.24, 2.45) is 11.7 Å². The van der Waals surface area contributed by atoms with Crippen LogP contribution in [0.3, 0.4) is 0 Å². The topological polar surface area (TPSA) is 72.2 Å². The third kappa shape index (κ3) is 3.51. The minimum absolute atomic E-state index is 0.177. The van der Waals surface area contributed by atoms with Crippen LogP contribution in [0.2, 0.25) is 0 Å². The van der Waals surface area contributed by atoms with Crippen LogP contribution < -0.4 is 10.5 Å². The van der Waals surface area contributed by atoms with E-state index in [1.54, 1.807) is 6.07 Å². The average molecular weight is 272 g/mol. The molecule has 0 spiro atoms. The fourth-order valence-electron chi connectivity index (χ4n) is 1.93. The lowest BCUT2D eigenvalue weighted by Gasteiger charge is -2.16. The summed E-state index contributed by atoms with van der Waals surface area (Å²) >= 11 is 0. The fourth-order valence-corrected chi connectivity index (χ4v) is 3.40. The molecule has 18 heavy (non-hydrogen) atoms. The number of nitrogens with one attached hydrogen (secondary N) is 1. The third-order valence-corrected chi connectivity index (χ3v) is 4.43. The molecule has 3 N–H and O–H groups in total. The Morgan fingerprint density at radius 3 is 2.61 bits per heavy atom. The summed E-state index contributed by atoms with van der Waals surface area (Å²) in [6.45, 7) is 0.279. The number of benzene rings is 1. The van der Waals surface area contributed by atoms with Gasteiger partial charge in [-0.2, -0.15) is 0 Å². The van der Waals surface area contributed by atoms with Crippen molar-refractivity contribution in [2.75, 3.05) is 6.54 Å². The van der Waals surface area contributed by atoms with Crippen LogP contribution in [-0.4, -0.2) is 21.0 Å². The maximum absolute atomic E-state index is 13.4. The van der Waals surface area contributed by atoms with Crippen molar-refractivity contribution in [1.82, 2.24) is 4.72 Å². The molecule has 0 aromatic heterocycles. The molecule has 0 saturated heterocycles. The first-order valence-corrected chi connectivity index (χ1v) is 7.60. The van der Waals surface area contributed by atoms with Gasteiger partial charge in [-0.15, -0.1) is 0 Å². The molecule has 0 radical (unpaired) electrons. The minimum atomic E-state index is -3.54. The van der Waals surface area contributed by atoms with Gasteiger partial charge in [0.15, 0.2) is 0 Å². The highest BCUT2D eigenvalue weighted by Gasteiger charge is 2.33. The maximum atomic E-state index is 13.4. The Morgan fingerprint density at radius 1 is 1.39 bits per heavy atom. The molecule has 6 heteroatoms. The molecule has 1 aliphatic carbocycles. The van der Waals surface area contributed by atoms with Crippen molar-refractivity contribution in [3.63, 3.8) is 0 Å². The molecule has 2 rings (SSSR count). The first-order chi connectivity index (χ1) is 8.52. The van der Waals surface area contributed by atoms with Gasteiger partial charge in [0.2, 0.25) is 10.0 Å². The Kier molecular flexibility index (Phi) is 3.99. The van der Waals surface area contributed by atoms with Gasteiger partial charge in [0.1, 0.15) is 5.82 Å². The predicted molar refractivity (Wildman–Crippen MR) is 67.7 cm³/mol. The Balaban J connectivity index is 2.05. The van der Waals surface area contributed by atoms with Gasteiger partial charge in [-0.25, -0.2) is 17.5 Å². The normalized spacial score (nSPS) is 17.7. The average Bonchev–Trinajstić information content (AvgIpc) is 3.13. The van der Waals surface area contributed by atoms with Gasteiger partial charge in [0.25, 0.3) is 0 Å². The van der Waals surface area contributed by atoms with E-state index in [0.717, 1.165) is 12.8 Å². The maximum Gasteiger partial charge on any atom is 0.216 e. The van der Waals surface area contributed by atoms with Crippen molar-refractivity contribution in [1.29, 1.82) is 0 Å². The lowest BCUT2D eigenvalue weighted by atomic mass is 10.2. The number of hydrogen-bond acceptors (Lipinski definition) is 3. The smallest absolute Gasteiger partial charge is 0.216 e. The van der Waals surface area contributed by atoms with Crippen molar-refractivity contribution in [3.05, 3.63) is 35.6 Å². The number of sulfonamides is 1. The standard InChI is InChI=1S/C12H17FN2O2S/c13-11-4-2-1-3-10(11)8-18(16,17)15-12(7-14)9-5-6-9/h1-4,9,12,15H,5-8,14H2/t12-/m1/s1. The molecule has 0 unspecified atom stereocenters. The Bertz CT molecular complexity index is 515. The summed E-state index contributed by atoms with van der Waals surface area (Å²) in [6.07, 6.45) is 2.01. The van der Waals surface area contributed by atoms with Crippen molar-refractivity contribution < 1.29 is 12.8 Å². The Labute approximate surface area is 106 Å². The summed E-state index contributed by atoms with van der Waals surface area (Å²) in [4.78, 5) is 0. The molecule has 1 aromatic rings. The number of rotatable bonds is 6. The number of hydrogen-bond donors (Lipinski definition) is 2. The highest BCUT2D eigenvalue weighted by molar-refractivity contribution is 7.88. The van der Waals surface area contributed by atoms with Gasteiger partial charge in [-0.1, -0.05) is 18.2 Å². The Morgan fingerprint density at radius 2 is 2.06 bits per heavy atom. The van der Waals surface area contributed by atoms with Crippen molar-refractivity contribution in [3.8, 4) is 0 Å². The molecule has 4 nitrogen and oxygen atoms in total. The summed E-state index contributed by atoms with van der Waals surface area (Å²) in [5.74, 6) is -0.507. The summed E-state index contributed by atoms with van der Waals surface area (Å²) in [5.41, 5.74) is 5.72. The molecule has 100 valence electrons. The van der Waals surface area contributed by atoms with Crippen LogP contribution in [0.25, 0.3) is 0 Å². The van der Waals surface area contributed by atoms with Crippen molar-refractivity contribution in [2.45, 2.75) is 24.6 Å². The molecule has 0 amide bonds. The van der Waals surface area contributed by atoms with Crippen LogP contribution in [0.15, 0.2) is 24.3 Å². The molecule has 1 atom stereocenters. The van der Waals surface area contributed by atoms with E-state index >= 15 is 0 Å². The van der Waals surface area contributed by atoms with E-state index in [1.165, 1.54) is 18.2 Å². The highest BCUT2D eigenvalue weighted by Crippen LogP contribution is 2.32. The second-order valence-electron chi connectivity index (χ2n) is 4.65. The molecular weight excluding hydrogens is 255 g/mol. The Hall–Kier alpha value is -0.980. The molecule has 0 aliphatic heterocycles. The van der Waals surface area contributed by atoms with E-state index < -0.39 is 15.8 Å². The monoisotopic (exact) mass is 272 g/mol. The molecule has 0 bridgehead atoms. The van der Waals surface area contributed by atoms with Gasteiger partial charge >= 0.3 is 0 Å². The van der Waals surface area contributed by atoms with Crippen LogP contribution in [0.5, 0.6) is 0 Å². The summed E-state index contributed by atoms with van der Waals surface area (Å²) < 4.78 is 39.8. The molecule has 1 saturated carbocycles. The second-order valence-corrected chi connectivity index (χ2v) is 6.40. The third-order valence-electron chi connectivity index (χ3n) is 3.08. The molecule has 0 heterocycles. The lowest BCUT2D eigenvalue weighted by Crippen LogP contribution is -2.42. The number of halogens is 1. The molecule has 1 fully saturated rings. The zero-order valence-electron chi connectivity index (χ0n) is 9.97. The summed E-state index contributed by atoms with van der Waals surface area (Å²) in [5, 5.41) is 0. The second kappa shape index (κ2) is 5.34. The predicted octanol–water partition coefficient (Wildman–Crippen LogP) is 0.982. The summed E-state index contributed by atoms with van der Waals surface area (Å²) in [6, 6.07) is 5.66. The van der Waals surface area contributed by atoms with Gasteiger partial charge in [0, 0.05) is 18.2 Å². The van der Waals surface area contributed by atoms with Crippen LogP contribution in [0.4, 0.5) is 4.39 Å². The first kappa shape index (κ1) is 13.5. The molecule has 1 aliphatic rings. The van der Waals surface area contributed by atoms with E-state index in [2.05, 4.69) is 4.72 Å². The van der Waals surface area contributed by atoms with Gasteiger partial charge in [-0.3, -0.25) is 0 Å². The highest BCUT2D eigenvalue weighted by atomic mass is 32.2. The van der Waals surface area contributed by atoms with E-state index in [1.807, 2.05) is 0 Å². The first-order valence-electron chi connectivity index (χ1n) is 5.95. The molecule has 1 aromatic carbocycles. The van der Waals surface area contributed by atoms with Crippen LogP contribution in [-0.2, 0) is 15.8 Å². The van der Waals surface area contributed by atoms with E-state index in [9.17, 15) is 12.8 Å². The van der Waals surface area contributed by atoms with E-state index in [0.29, 0.717) is 5.92 Å². The van der Waals surface area contributed by atoms with E-state index in [-0.39, 0.29) is 23.9 Å². The minimum Gasteiger partial charge on any atom is -0.329 e. The van der Waals surface area contributed by atoms with Gasteiger partial charge in [-0.05, 0) is 24.8 Å². The van der Waals surface area contributed by atoms with Gasteiger partial charge in [0.05, 0.1) is 5.75 Å².